The van der Waals surface area contributed by atoms with Crippen LogP contribution in [-0.2, 0) is 4.79 Å². The number of carboxylic acid groups (broad SMARTS) is 1. The van der Waals surface area contributed by atoms with Gasteiger partial charge in [-0.25, -0.2) is 9.18 Å². The predicted molar refractivity (Wildman–Crippen MR) is 120 cm³/mol. The van der Waals surface area contributed by atoms with Crippen molar-refractivity contribution >= 4 is 23.5 Å². The van der Waals surface area contributed by atoms with Gasteiger partial charge in [0.2, 0.25) is 0 Å². The highest BCUT2D eigenvalue weighted by atomic mass is 19.1. The van der Waals surface area contributed by atoms with Gasteiger partial charge in [-0.15, -0.1) is 0 Å². The van der Waals surface area contributed by atoms with Crippen LogP contribution in [0.4, 0.5) is 10.1 Å². The molecule has 2 amide bonds. The van der Waals surface area contributed by atoms with Gasteiger partial charge >= 0.3 is 5.97 Å². The zero-order chi connectivity index (χ0) is 23.3. The van der Waals surface area contributed by atoms with E-state index < -0.39 is 23.7 Å². The maximum atomic E-state index is 13.0. The summed E-state index contributed by atoms with van der Waals surface area (Å²) in [7, 11) is 0. The summed E-state index contributed by atoms with van der Waals surface area (Å²) in [4.78, 5) is 35.9. The van der Waals surface area contributed by atoms with E-state index in [2.05, 4.69) is 10.6 Å². The number of carbonyl (C=O) groups excluding carboxylic acids is 2. The number of rotatable bonds is 7. The van der Waals surface area contributed by atoms with Gasteiger partial charge in [-0.05, 0) is 65.6 Å². The minimum atomic E-state index is -1.07. The van der Waals surface area contributed by atoms with E-state index in [0.717, 1.165) is 11.1 Å². The Morgan fingerprint density at radius 1 is 0.750 bits per heavy atom. The molecule has 0 fully saturated rings. The number of carbonyl (C=O) groups is 3. The van der Waals surface area contributed by atoms with E-state index in [1.54, 1.807) is 50.2 Å². The molecule has 0 spiro atoms. The molecule has 3 aromatic carbocycles. The highest BCUT2D eigenvalue weighted by Gasteiger charge is 2.23. The Bertz CT molecular complexity index is 1110. The number of hydrogen-bond donors (Lipinski definition) is 3. The number of nitrogens with one attached hydrogen (secondary N) is 2. The van der Waals surface area contributed by atoms with Crippen molar-refractivity contribution < 1.29 is 23.9 Å². The fourth-order valence-electron chi connectivity index (χ4n) is 3.10. The van der Waals surface area contributed by atoms with E-state index in [4.69, 9.17) is 0 Å². The van der Waals surface area contributed by atoms with Crippen LogP contribution in [-0.4, -0.2) is 28.9 Å². The molecule has 1 atom stereocenters. The summed E-state index contributed by atoms with van der Waals surface area (Å²) in [6.45, 7) is 3.46. The number of hydrogen-bond acceptors (Lipinski definition) is 3. The first-order valence-electron chi connectivity index (χ1n) is 10.1. The number of halogens is 1. The van der Waals surface area contributed by atoms with Crippen molar-refractivity contribution in [3.63, 3.8) is 0 Å². The van der Waals surface area contributed by atoms with Crippen molar-refractivity contribution in [1.82, 2.24) is 5.32 Å². The van der Waals surface area contributed by atoms with Crippen molar-refractivity contribution in [3.8, 4) is 11.1 Å². The Labute approximate surface area is 185 Å². The predicted octanol–water partition coefficient (Wildman–Crippen LogP) is 4.58. The van der Waals surface area contributed by atoms with Crippen LogP contribution in [0, 0.1) is 11.7 Å². The summed E-state index contributed by atoms with van der Waals surface area (Å²) in [6.07, 6.45) is 0. The number of carboxylic acids is 1. The molecule has 3 rings (SSSR count). The summed E-state index contributed by atoms with van der Waals surface area (Å²) >= 11 is 0. The van der Waals surface area contributed by atoms with Crippen LogP contribution in [0.15, 0.2) is 72.8 Å². The van der Waals surface area contributed by atoms with Crippen LogP contribution >= 0.6 is 0 Å². The van der Waals surface area contributed by atoms with Crippen LogP contribution in [0.5, 0.6) is 0 Å². The molecule has 3 N–H and O–H groups in total. The third kappa shape index (κ3) is 5.57. The molecule has 0 aliphatic heterocycles. The molecule has 6 nitrogen and oxygen atoms in total. The highest BCUT2D eigenvalue weighted by Crippen LogP contribution is 2.22. The maximum absolute atomic E-state index is 13.0. The molecule has 0 bridgehead atoms. The van der Waals surface area contributed by atoms with Crippen LogP contribution in [0.3, 0.4) is 0 Å². The topological polar surface area (TPSA) is 95.5 Å². The molecule has 0 aliphatic rings. The SMILES string of the molecule is CC(C)[C@H](NC(=O)c1ccc(-c2ccc(NC(=O)c3ccc(F)cc3)cc2)cc1)C(=O)O. The molecular weight excluding hydrogens is 411 g/mol. The summed E-state index contributed by atoms with van der Waals surface area (Å²) in [6, 6.07) is 18.3. The van der Waals surface area contributed by atoms with Gasteiger partial charge < -0.3 is 15.7 Å². The van der Waals surface area contributed by atoms with Gasteiger partial charge in [0.15, 0.2) is 0 Å². The number of anilines is 1. The average molecular weight is 434 g/mol. The van der Waals surface area contributed by atoms with Crippen molar-refractivity contribution in [2.24, 2.45) is 5.92 Å². The average Bonchev–Trinajstić information content (AvgIpc) is 2.78. The van der Waals surface area contributed by atoms with Gasteiger partial charge in [0.1, 0.15) is 11.9 Å². The smallest absolute Gasteiger partial charge is 0.326 e. The number of aliphatic carboxylic acids is 1. The molecule has 0 aromatic heterocycles. The summed E-state index contributed by atoms with van der Waals surface area (Å²) in [5.41, 5.74) is 3.04. The molecule has 3 aromatic rings. The molecule has 0 unspecified atom stereocenters. The fourth-order valence-corrected chi connectivity index (χ4v) is 3.10. The summed E-state index contributed by atoms with van der Waals surface area (Å²) < 4.78 is 13.0. The third-order valence-corrected chi connectivity index (χ3v) is 4.95. The molecule has 0 saturated heterocycles. The van der Waals surface area contributed by atoms with E-state index in [1.807, 2.05) is 12.1 Å². The standard InChI is InChI=1S/C25H23FN2O4/c1-15(2)22(25(31)32)28-24(30)18-5-3-16(4-6-18)17-9-13-21(14-10-17)27-23(29)19-7-11-20(26)12-8-19/h3-15,22H,1-2H3,(H,27,29)(H,28,30)(H,31,32)/t22-/m0/s1. The summed E-state index contributed by atoms with van der Waals surface area (Å²) in [5.74, 6) is -2.50. The lowest BCUT2D eigenvalue weighted by Crippen LogP contribution is -2.44. The molecule has 0 radical (unpaired) electrons. The number of amides is 2. The lowest BCUT2D eigenvalue weighted by molar-refractivity contribution is -0.140. The van der Waals surface area contributed by atoms with Gasteiger partial charge in [0.05, 0.1) is 0 Å². The largest absolute Gasteiger partial charge is 0.480 e. The Hall–Kier alpha value is -4.00. The second-order valence-electron chi connectivity index (χ2n) is 7.65. The van der Waals surface area contributed by atoms with Gasteiger partial charge in [0, 0.05) is 16.8 Å². The highest BCUT2D eigenvalue weighted by molar-refractivity contribution is 6.04. The molecule has 0 saturated carbocycles. The van der Waals surface area contributed by atoms with E-state index >= 15 is 0 Å². The first-order valence-corrected chi connectivity index (χ1v) is 10.1. The zero-order valence-electron chi connectivity index (χ0n) is 17.6. The first kappa shape index (κ1) is 22.7. The Morgan fingerprint density at radius 3 is 1.72 bits per heavy atom. The minimum absolute atomic E-state index is 0.238. The quantitative estimate of drug-likeness (QED) is 0.507. The van der Waals surface area contributed by atoms with Crippen LogP contribution in [0.25, 0.3) is 11.1 Å². The molecule has 7 heteroatoms. The first-order chi connectivity index (χ1) is 15.2. The van der Waals surface area contributed by atoms with Crippen molar-refractivity contribution in [2.75, 3.05) is 5.32 Å². The van der Waals surface area contributed by atoms with Crippen LogP contribution in [0.2, 0.25) is 0 Å². The van der Waals surface area contributed by atoms with Crippen LogP contribution < -0.4 is 10.6 Å². The van der Waals surface area contributed by atoms with E-state index in [-0.39, 0.29) is 11.8 Å². The fraction of sp³-hybridized carbons (Fsp3) is 0.160. The van der Waals surface area contributed by atoms with Crippen LogP contribution in [0.1, 0.15) is 34.6 Å². The van der Waals surface area contributed by atoms with Crippen molar-refractivity contribution in [3.05, 3.63) is 89.7 Å². The molecule has 0 aliphatic carbocycles. The van der Waals surface area contributed by atoms with Gasteiger partial charge in [-0.3, -0.25) is 9.59 Å². The minimum Gasteiger partial charge on any atom is -0.480 e. The second-order valence-corrected chi connectivity index (χ2v) is 7.65. The second kappa shape index (κ2) is 9.87. The monoisotopic (exact) mass is 434 g/mol. The van der Waals surface area contributed by atoms with Gasteiger partial charge in [-0.2, -0.15) is 0 Å². The Morgan fingerprint density at radius 2 is 1.22 bits per heavy atom. The van der Waals surface area contributed by atoms with Crippen molar-refractivity contribution in [2.45, 2.75) is 19.9 Å². The zero-order valence-corrected chi connectivity index (χ0v) is 17.6. The molecule has 32 heavy (non-hydrogen) atoms. The Kier molecular flexibility index (Phi) is 7.00. The Balaban J connectivity index is 1.66. The molecular formula is C25H23FN2O4. The number of benzene rings is 3. The molecule has 164 valence electrons. The van der Waals surface area contributed by atoms with E-state index in [0.29, 0.717) is 16.8 Å². The lowest BCUT2D eigenvalue weighted by atomic mass is 10.0. The van der Waals surface area contributed by atoms with E-state index in [9.17, 15) is 23.9 Å². The van der Waals surface area contributed by atoms with Gasteiger partial charge in [0.25, 0.3) is 11.8 Å². The van der Waals surface area contributed by atoms with E-state index in [1.165, 1.54) is 24.3 Å². The summed E-state index contributed by atoms with van der Waals surface area (Å²) in [5, 5.41) is 14.5. The molecule has 0 heterocycles. The van der Waals surface area contributed by atoms with Crippen molar-refractivity contribution in [1.29, 1.82) is 0 Å². The maximum Gasteiger partial charge on any atom is 0.326 e. The lowest BCUT2D eigenvalue weighted by Gasteiger charge is -2.18. The third-order valence-electron chi connectivity index (χ3n) is 4.95. The van der Waals surface area contributed by atoms with Gasteiger partial charge in [-0.1, -0.05) is 38.1 Å². The normalized spacial score (nSPS) is 11.6.